The maximum atomic E-state index is 12.7. The molecule has 0 aliphatic carbocycles. The number of hydrogen-bond acceptors (Lipinski definition) is 6. The van der Waals surface area contributed by atoms with Crippen LogP contribution in [-0.2, 0) is 0 Å². The summed E-state index contributed by atoms with van der Waals surface area (Å²) in [5.74, 6) is 0.599. The van der Waals surface area contributed by atoms with E-state index in [2.05, 4.69) is 17.2 Å². The van der Waals surface area contributed by atoms with Crippen molar-refractivity contribution in [2.75, 3.05) is 26.2 Å². The van der Waals surface area contributed by atoms with Crippen molar-refractivity contribution in [3.8, 4) is 10.6 Å². The van der Waals surface area contributed by atoms with Gasteiger partial charge in [0.1, 0.15) is 10.7 Å². The number of nitrogens with one attached hydrogen (secondary N) is 1. The van der Waals surface area contributed by atoms with Crippen LogP contribution in [-0.4, -0.2) is 46.9 Å². The van der Waals surface area contributed by atoms with Gasteiger partial charge in [0.15, 0.2) is 0 Å². The highest BCUT2D eigenvalue weighted by atomic mass is 35.5. The van der Waals surface area contributed by atoms with E-state index in [1.165, 1.54) is 23.5 Å². The average Bonchev–Trinajstić information content (AvgIpc) is 3.16. The Morgan fingerprint density at radius 3 is 2.59 bits per heavy atom. The number of likely N-dealkylation sites (tertiary alicyclic amines) is 1. The van der Waals surface area contributed by atoms with Crippen molar-refractivity contribution >= 4 is 35.3 Å². The van der Waals surface area contributed by atoms with Gasteiger partial charge in [-0.3, -0.25) is 14.9 Å². The minimum atomic E-state index is -0.430. The van der Waals surface area contributed by atoms with Crippen LogP contribution in [0, 0.1) is 16.0 Å². The number of thiazole rings is 1. The number of carbonyl (C=O) groups is 1. The van der Waals surface area contributed by atoms with Gasteiger partial charge in [0.2, 0.25) is 0 Å². The molecular weight excluding hydrogens is 388 g/mol. The molecule has 0 spiro atoms. The van der Waals surface area contributed by atoms with E-state index >= 15 is 0 Å². The lowest BCUT2D eigenvalue weighted by molar-refractivity contribution is -0.384. The van der Waals surface area contributed by atoms with E-state index in [4.69, 9.17) is 0 Å². The summed E-state index contributed by atoms with van der Waals surface area (Å²) in [5, 5.41) is 16.6. The van der Waals surface area contributed by atoms with Gasteiger partial charge in [0, 0.05) is 36.2 Å². The van der Waals surface area contributed by atoms with Crippen molar-refractivity contribution in [2.45, 2.75) is 19.8 Å². The van der Waals surface area contributed by atoms with Crippen molar-refractivity contribution < 1.29 is 9.72 Å². The number of piperidine rings is 1. The SMILES string of the molecule is CCNCC1CCN(C(=O)c2csc(-c3ccc([N+](=O)[O-])cc3)n2)CC1.Cl. The number of non-ortho nitro benzene ring substituents is 1. The van der Waals surface area contributed by atoms with Gasteiger partial charge in [-0.05, 0) is 44.0 Å². The summed E-state index contributed by atoms with van der Waals surface area (Å²) in [4.78, 5) is 29.3. The molecule has 146 valence electrons. The van der Waals surface area contributed by atoms with E-state index in [1.807, 2.05) is 4.90 Å². The number of amides is 1. The topological polar surface area (TPSA) is 88.4 Å². The largest absolute Gasteiger partial charge is 0.337 e. The van der Waals surface area contributed by atoms with Gasteiger partial charge in [0.05, 0.1) is 4.92 Å². The molecule has 7 nitrogen and oxygen atoms in total. The van der Waals surface area contributed by atoms with E-state index in [0.717, 1.165) is 44.6 Å². The van der Waals surface area contributed by atoms with Gasteiger partial charge in [-0.25, -0.2) is 4.98 Å². The minimum absolute atomic E-state index is 0. The Bertz CT molecular complexity index is 773. The Kier molecular flexibility index (Phi) is 7.70. The summed E-state index contributed by atoms with van der Waals surface area (Å²) in [5.41, 5.74) is 1.28. The highest BCUT2D eigenvalue weighted by molar-refractivity contribution is 7.13. The predicted molar refractivity (Wildman–Crippen MR) is 109 cm³/mol. The highest BCUT2D eigenvalue weighted by Crippen LogP contribution is 2.27. The molecule has 2 aromatic rings. The fourth-order valence-corrected chi connectivity index (χ4v) is 3.88. The van der Waals surface area contributed by atoms with Gasteiger partial charge >= 0.3 is 0 Å². The lowest BCUT2D eigenvalue weighted by Crippen LogP contribution is -2.40. The highest BCUT2D eigenvalue weighted by Gasteiger charge is 2.25. The third-order valence-electron chi connectivity index (χ3n) is 4.63. The molecule has 1 saturated heterocycles. The molecule has 0 bridgehead atoms. The molecule has 1 aromatic heterocycles. The van der Waals surface area contributed by atoms with E-state index < -0.39 is 4.92 Å². The van der Waals surface area contributed by atoms with Gasteiger partial charge in [-0.2, -0.15) is 0 Å². The molecule has 1 aliphatic rings. The summed E-state index contributed by atoms with van der Waals surface area (Å²) in [7, 11) is 0. The number of halogens is 1. The molecule has 1 fully saturated rings. The molecule has 9 heteroatoms. The summed E-state index contributed by atoms with van der Waals surface area (Å²) >= 11 is 1.38. The van der Waals surface area contributed by atoms with Crippen molar-refractivity contribution in [3.63, 3.8) is 0 Å². The molecule has 0 unspecified atom stereocenters. The number of hydrogen-bond donors (Lipinski definition) is 1. The molecule has 1 aromatic carbocycles. The third-order valence-corrected chi connectivity index (χ3v) is 5.52. The number of carbonyl (C=O) groups excluding carboxylic acids is 1. The first-order valence-corrected chi connectivity index (χ1v) is 9.66. The molecule has 1 aliphatic heterocycles. The van der Waals surface area contributed by atoms with Gasteiger partial charge in [-0.15, -0.1) is 23.7 Å². The van der Waals surface area contributed by atoms with E-state index in [1.54, 1.807) is 17.5 Å². The second-order valence-corrected chi connectivity index (χ2v) is 7.24. The number of nitro groups is 1. The number of rotatable bonds is 6. The lowest BCUT2D eigenvalue weighted by Gasteiger charge is -2.31. The second-order valence-electron chi connectivity index (χ2n) is 6.39. The van der Waals surface area contributed by atoms with E-state index in [-0.39, 0.29) is 24.0 Å². The molecule has 0 saturated carbocycles. The Morgan fingerprint density at radius 1 is 1.33 bits per heavy atom. The lowest BCUT2D eigenvalue weighted by atomic mass is 9.96. The number of aromatic nitrogens is 1. The summed E-state index contributed by atoms with van der Waals surface area (Å²) < 4.78 is 0. The molecule has 27 heavy (non-hydrogen) atoms. The Morgan fingerprint density at radius 2 is 2.00 bits per heavy atom. The van der Waals surface area contributed by atoms with Crippen LogP contribution in [0.4, 0.5) is 5.69 Å². The van der Waals surface area contributed by atoms with Crippen molar-refractivity contribution in [1.82, 2.24) is 15.2 Å². The molecule has 0 atom stereocenters. The summed E-state index contributed by atoms with van der Waals surface area (Å²) in [6.45, 7) is 5.62. The molecule has 3 rings (SSSR count). The van der Waals surface area contributed by atoms with Crippen LogP contribution < -0.4 is 5.32 Å². The van der Waals surface area contributed by atoms with Crippen LogP contribution in [0.3, 0.4) is 0 Å². The maximum absolute atomic E-state index is 12.7. The second kappa shape index (κ2) is 9.77. The fourth-order valence-electron chi connectivity index (χ4n) is 3.08. The van der Waals surface area contributed by atoms with Gasteiger partial charge in [0.25, 0.3) is 11.6 Å². The monoisotopic (exact) mass is 410 g/mol. The first kappa shape index (κ1) is 21.3. The van der Waals surface area contributed by atoms with Crippen LogP contribution in [0.2, 0.25) is 0 Å². The molecule has 0 radical (unpaired) electrons. The van der Waals surface area contributed by atoms with Crippen LogP contribution in [0.15, 0.2) is 29.6 Å². The minimum Gasteiger partial charge on any atom is -0.337 e. The number of nitrogens with zero attached hydrogens (tertiary/aromatic N) is 3. The first-order valence-electron chi connectivity index (χ1n) is 8.78. The first-order chi connectivity index (χ1) is 12.6. The van der Waals surface area contributed by atoms with Crippen LogP contribution in [0.1, 0.15) is 30.3 Å². The van der Waals surface area contributed by atoms with Crippen LogP contribution in [0.5, 0.6) is 0 Å². The fraction of sp³-hybridized carbons (Fsp3) is 0.444. The maximum Gasteiger partial charge on any atom is 0.273 e. The summed E-state index contributed by atoms with van der Waals surface area (Å²) in [6.07, 6.45) is 2.02. The van der Waals surface area contributed by atoms with Crippen molar-refractivity contribution in [3.05, 3.63) is 45.5 Å². The van der Waals surface area contributed by atoms with Crippen molar-refractivity contribution in [1.29, 1.82) is 0 Å². The normalized spacial score (nSPS) is 14.6. The van der Waals surface area contributed by atoms with E-state index in [0.29, 0.717) is 16.6 Å². The Hall–Kier alpha value is -2.03. The molecule has 1 N–H and O–H groups in total. The standard InChI is InChI=1S/C18H22N4O3S.ClH/c1-2-19-11-13-7-9-21(10-8-13)18(23)16-12-26-17(20-16)14-3-5-15(6-4-14)22(24)25;/h3-6,12-13,19H,2,7-11H2,1H3;1H. The molecule has 2 heterocycles. The number of benzene rings is 1. The summed E-state index contributed by atoms with van der Waals surface area (Å²) in [6, 6.07) is 6.23. The smallest absolute Gasteiger partial charge is 0.273 e. The zero-order chi connectivity index (χ0) is 18.5. The molecule has 1 amide bonds. The third kappa shape index (κ3) is 5.24. The number of nitro benzene ring substituents is 1. The van der Waals surface area contributed by atoms with Crippen molar-refractivity contribution in [2.24, 2.45) is 5.92 Å². The zero-order valence-electron chi connectivity index (χ0n) is 15.1. The zero-order valence-corrected chi connectivity index (χ0v) is 16.7. The van der Waals surface area contributed by atoms with Crippen LogP contribution >= 0.6 is 23.7 Å². The predicted octanol–water partition coefficient (Wildman–Crippen LogP) is 3.60. The Labute approximate surface area is 168 Å². The van der Waals surface area contributed by atoms with Crippen LogP contribution in [0.25, 0.3) is 10.6 Å². The average molecular weight is 411 g/mol. The van der Waals surface area contributed by atoms with Gasteiger partial charge in [-0.1, -0.05) is 6.92 Å². The quantitative estimate of drug-likeness (QED) is 0.580. The van der Waals surface area contributed by atoms with Gasteiger partial charge < -0.3 is 10.2 Å². The Balaban J connectivity index is 0.00000261. The van der Waals surface area contributed by atoms with E-state index in [9.17, 15) is 14.9 Å². The molecular formula is C18H23ClN4O3S.